The van der Waals surface area contributed by atoms with Crippen LogP contribution in [0.1, 0.15) is 27.4 Å². The molecule has 0 aromatic carbocycles. The monoisotopic (exact) mass is 288 g/mol. The Kier molecular flexibility index (Phi) is 3.56. The van der Waals surface area contributed by atoms with E-state index in [-0.39, 0.29) is 24.3 Å². The van der Waals surface area contributed by atoms with Crippen LogP contribution in [-0.4, -0.2) is 24.2 Å². The average Bonchev–Trinajstić information content (AvgIpc) is 2.97. The van der Waals surface area contributed by atoms with Crippen LogP contribution in [0.3, 0.4) is 0 Å². The number of rotatable bonds is 2. The normalized spacial score (nSPS) is 16.4. The number of alkyl halides is 3. The molecule has 1 saturated carbocycles. The van der Waals surface area contributed by atoms with Crippen LogP contribution >= 0.6 is 11.3 Å². The Morgan fingerprint density at radius 3 is 2.68 bits per heavy atom. The molecule has 1 aromatic heterocycles. The average molecular weight is 288 g/mol. The van der Waals surface area contributed by atoms with Gasteiger partial charge in [-0.25, -0.2) is 0 Å². The number of thiophene rings is 1. The highest BCUT2D eigenvalue weighted by atomic mass is 32.1. The first-order chi connectivity index (χ1) is 8.88. The minimum Gasteiger partial charge on any atom is -0.337 e. The van der Waals surface area contributed by atoms with Crippen molar-refractivity contribution >= 4 is 17.2 Å². The zero-order chi connectivity index (χ0) is 14.1. The van der Waals surface area contributed by atoms with Crippen LogP contribution in [0.5, 0.6) is 0 Å². The first-order valence-corrected chi connectivity index (χ1v) is 6.38. The molecule has 7 heteroatoms. The zero-order valence-electron chi connectivity index (χ0n) is 9.80. The van der Waals surface area contributed by atoms with E-state index in [1.54, 1.807) is 6.07 Å². The minimum atomic E-state index is -4.40. The van der Waals surface area contributed by atoms with Crippen molar-refractivity contribution in [3.63, 3.8) is 0 Å². The quantitative estimate of drug-likeness (QED) is 0.816. The smallest absolute Gasteiger partial charge is 0.337 e. The molecule has 0 aliphatic heterocycles. The number of amides is 1. The first kappa shape index (κ1) is 13.9. The van der Waals surface area contributed by atoms with Gasteiger partial charge in [-0.2, -0.15) is 13.2 Å². The van der Waals surface area contributed by atoms with E-state index in [1.165, 1.54) is 6.07 Å². The number of carbonyl (C=O) groups is 1. The summed E-state index contributed by atoms with van der Waals surface area (Å²) < 4.78 is 38.1. The fraction of sp³-hybridized carbons (Fsp3) is 0.417. The topological polar surface area (TPSA) is 55.1 Å². The van der Waals surface area contributed by atoms with E-state index in [0.717, 1.165) is 11.3 Å². The van der Waals surface area contributed by atoms with E-state index >= 15 is 0 Å². The second-order valence-corrected chi connectivity index (χ2v) is 5.29. The standard InChI is InChI=1S/C12H11F3N2OS/c13-12(14,15)11(5-6-11)17-10(18)9-4-3-8(19-9)2-1-7-16/h3-4H,5-7,16H2,(H,17,18). The maximum Gasteiger partial charge on any atom is 0.411 e. The lowest BCUT2D eigenvalue weighted by molar-refractivity contribution is -0.163. The number of hydrogen-bond donors (Lipinski definition) is 2. The summed E-state index contributed by atoms with van der Waals surface area (Å²) in [7, 11) is 0. The Balaban J connectivity index is 2.07. The summed E-state index contributed by atoms with van der Waals surface area (Å²) in [6.45, 7) is 0.191. The Morgan fingerprint density at radius 1 is 1.47 bits per heavy atom. The van der Waals surface area contributed by atoms with Gasteiger partial charge in [0.15, 0.2) is 0 Å². The summed E-state index contributed by atoms with van der Waals surface area (Å²) in [6.07, 6.45) is -4.52. The van der Waals surface area contributed by atoms with E-state index in [1.807, 2.05) is 0 Å². The molecule has 0 saturated heterocycles. The van der Waals surface area contributed by atoms with Crippen LogP contribution < -0.4 is 11.1 Å². The summed E-state index contributed by atoms with van der Waals surface area (Å²) in [5.74, 6) is 4.64. The number of nitrogens with two attached hydrogens (primary N) is 1. The lowest BCUT2D eigenvalue weighted by Crippen LogP contribution is -2.47. The second kappa shape index (κ2) is 4.87. The summed E-state index contributed by atoms with van der Waals surface area (Å²) in [4.78, 5) is 12.6. The molecule has 1 heterocycles. The van der Waals surface area contributed by atoms with Gasteiger partial charge in [-0.05, 0) is 25.0 Å². The third kappa shape index (κ3) is 2.91. The first-order valence-electron chi connectivity index (χ1n) is 5.56. The molecular formula is C12H11F3N2OS. The Hall–Kier alpha value is -1.52. The van der Waals surface area contributed by atoms with Gasteiger partial charge in [-0.15, -0.1) is 11.3 Å². The summed E-state index contributed by atoms with van der Waals surface area (Å²) in [5, 5.41) is 2.07. The van der Waals surface area contributed by atoms with Gasteiger partial charge in [0.25, 0.3) is 5.91 Å². The summed E-state index contributed by atoms with van der Waals surface area (Å²) >= 11 is 1.05. The molecule has 1 aliphatic carbocycles. The van der Waals surface area contributed by atoms with Crippen LogP contribution in [0.2, 0.25) is 0 Å². The molecule has 3 N–H and O–H groups in total. The summed E-state index contributed by atoms with van der Waals surface area (Å²) in [5.41, 5.74) is 3.18. The van der Waals surface area contributed by atoms with Crippen molar-refractivity contribution in [2.75, 3.05) is 6.54 Å². The van der Waals surface area contributed by atoms with Crippen molar-refractivity contribution < 1.29 is 18.0 Å². The number of nitrogens with one attached hydrogen (secondary N) is 1. The molecule has 1 aliphatic rings. The van der Waals surface area contributed by atoms with E-state index < -0.39 is 17.6 Å². The van der Waals surface area contributed by atoms with Crippen molar-refractivity contribution in [3.8, 4) is 11.8 Å². The van der Waals surface area contributed by atoms with Crippen LogP contribution in [0.25, 0.3) is 0 Å². The van der Waals surface area contributed by atoms with Gasteiger partial charge >= 0.3 is 6.18 Å². The van der Waals surface area contributed by atoms with Gasteiger partial charge < -0.3 is 11.1 Å². The largest absolute Gasteiger partial charge is 0.411 e. The molecule has 0 spiro atoms. The molecule has 0 bridgehead atoms. The van der Waals surface area contributed by atoms with Gasteiger partial charge in [0.1, 0.15) is 5.54 Å². The van der Waals surface area contributed by atoms with Crippen molar-refractivity contribution in [1.29, 1.82) is 0 Å². The van der Waals surface area contributed by atoms with Crippen molar-refractivity contribution in [2.45, 2.75) is 24.6 Å². The second-order valence-electron chi connectivity index (χ2n) is 4.20. The third-order valence-electron chi connectivity index (χ3n) is 2.79. The molecule has 0 atom stereocenters. The molecule has 102 valence electrons. The van der Waals surface area contributed by atoms with Gasteiger partial charge in [-0.3, -0.25) is 4.79 Å². The van der Waals surface area contributed by atoms with Crippen LogP contribution in [0.4, 0.5) is 13.2 Å². The van der Waals surface area contributed by atoms with Crippen LogP contribution in [0.15, 0.2) is 12.1 Å². The van der Waals surface area contributed by atoms with Crippen molar-refractivity contribution in [2.24, 2.45) is 5.73 Å². The maximum absolute atomic E-state index is 12.7. The Morgan fingerprint density at radius 2 is 2.16 bits per heavy atom. The molecule has 3 nitrogen and oxygen atoms in total. The zero-order valence-corrected chi connectivity index (χ0v) is 10.6. The van der Waals surface area contributed by atoms with E-state index in [0.29, 0.717) is 4.88 Å². The van der Waals surface area contributed by atoms with Crippen LogP contribution in [0, 0.1) is 11.8 Å². The number of hydrogen-bond acceptors (Lipinski definition) is 3. The number of carbonyl (C=O) groups excluding carboxylic acids is 1. The Bertz CT molecular complexity index is 549. The Labute approximate surface area is 112 Å². The molecule has 1 fully saturated rings. The van der Waals surface area contributed by atoms with E-state index in [4.69, 9.17) is 5.73 Å². The predicted molar refractivity (Wildman–Crippen MR) is 65.7 cm³/mol. The van der Waals surface area contributed by atoms with Gasteiger partial charge in [0, 0.05) is 0 Å². The lowest BCUT2D eigenvalue weighted by atomic mass is 10.2. The third-order valence-corrected chi connectivity index (χ3v) is 3.79. The highest BCUT2D eigenvalue weighted by molar-refractivity contribution is 7.14. The van der Waals surface area contributed by atoms with Gasteiger partial charge in [0.2, 0.25) is 0 Å². The number of halogens is 3. The fourth-order valence-corrected chi connectivity index (χ4v) is 2.32. The van der Waals surface area contributed by atoms with Crippen LogP contribution in [-0.2, 0) is 0 Å². The van der Waals surface area contributed by atoms with Crippen molar-refractivity contribution in [3.05, 3.63) is 21.9 Å². The predicted octanol–water partition coefficient (Wildman–Crippen LogP) is 1.88. The van der Waals surface area contributed by atoms with Gasteiger partial charge in [-0.1, -0.05) is 11.8 Å². The lowest BCUT2D eigenvalue weighted by Gasteiger charge is -2.20. The van der Waals surface area contributed by atoms with E-state index in [2.05, 4.69) is 17.2 Å². The minimum absolute atomic E-state index is 0.0621. The molecule has 0 unspecified atom stereocenters. The molecular weight excluding hydrogens is 277 g/mol. The van der Waals surface area contributed by atoms with E-state index in [9.17, 15) is 18.0 Å². The van der Waals surface area contributed by atoms with Crippen molar-refractivity contribution in [1.82, 2.24) is 5.32 Å². The highest BCUT2D eigenvalue weighted by Crippen LogP contribution is 2.49. The maximum atomic E-state index is 12.7. The SMILES string of the molecule is NCC#Cc1ccc(C(=O)NC2(C(F)(F)F)CC2)s1. The van der Waals surface area contributed by atoms with Gasteiger partial charge in [0.05, 0.1) is 16.3 Å². The molecule has 1 amide bonds. The summed E-state index contributed by atoms with van der Waals surface area (Å²) in [6, 6.07) is 3.06. The molecule has 0 radical (unpaired) electrons. The fourth-order valence-electron chi connectivity index (χ4n) is 1.55. The molecule has 1 aromatic rings. The molecule has 2 rings (SSSR count). The highest BCUT2D eigenvalue weighted by Gasteiger charge is 2.64. The molecule has 19 heavy (non-hydrogen) atoms.